The normalized spacial score (nSPS) is 12.2. The van der Waals surface area contributed by atoms with Gasteiger partial charge in [-0.1, -0.05) is 23.8 Å². The van der Waals surface area contributed by atoms with E-state index in [-0.39, 0.29) is 6.04 Å². The molecular weight excluding hydrogens is 200 g/mol. The van der Waals surface area contributed by atoms with Crippen LogP contribution < -0.4 is 16.0 Å². The predicted molar refractivity (Wildman–Crippen MR) is 67.4 cm³/mol. The number of nitrogens with one attached hydrogen (secondary N) is 1. The van der Waals surface area contributed by atoms with Crippen LogP contribution in [-0.2, 0) is 6.42 Å². The highest BCUT2D eigenvalue weighted by Gasteiger charge is 2.10. The van der Waals surface area contributed by atoms with E-state index in [4.69, 9.17) is 10.6 Å². The summed E-state index contributed by atoms with van der Waals surface area (Å²) < 4.78 is 5.33. The zero-order valence-corrected chi connectivity index (χ0v) is 9.99. The summed E-state index contributed by atoms with van der Waals surface area (Å²) in [6, 6.07) is 6.37. The van der Waals surface area contributed by atoms with Gasteiger partial charge in [0.2, 0.25) is 0 Å². The molecule has 0 aliphatic carbocycles. The maximum atomic E-state index is 5.50. The van der Waals surface area contributed by atoms with Crippen LogP contribution in [0.3, 0.4) is 0 Å². The Balaban J connectivity index is 2.84. The number of hydrogen-bond acceptors (Lipinski definition) is 3. The van der Waals surface area contributed by atoms with E-state index in [0.29, 0.717) is 0 Å². The molecule has 0 aromatic heterocycles. The fraction of sp³-hybridized carbons (Fsp3) is 0.385. The molecule has 0 saturated carbocycles. The first-order chi connectivity index (χ1) is 7.71. The summed E-state index contributed by atoms with van der Waals surface area (Å²) in [4.78, 5) is 0. The van der Waals surface area contributed by atoms with Gasteiger partial charge in [-0.15, -0.1) is 6.58 Å². The highest BCUT2D eigenvalue weighted by Crippen LogP contribution is 2.21. The Morgan fingerprint density at radius 3 is 2.88 bits per heavy atom. The minimum absolute atomic E-state index is 0.202. The highest BCUT2D eigenvalue weighted by molar-refractivity contribution is 5.37. The van der Waals surface area contributed by atoms with Crippen molar-refractivity contribution in [3.05, 3.63) is 42.0 Å². The average molecular weight is 220 g/mol. The van der Waals surface area contributed by atoms with Crippen molar-refractivity contribution in [1.82, 2.24) is 5.43 Å². The molecule has 0 aliphatic rings. The Kier molecular flexibility index (Phi) is 5.02. The maximum Gasteiger partial charge on any atom is 0.122 e. The van der Waals surface area contributed by atoms with Gasteiger partial charge in [-0.05, 0) is 31.4 Å². The number of benzene rings is 1. The first kappa shape index (κ1) is 12.7. The lowest BCUT2D eigenvalue weighted by Crippen LogP contribution is -2.36. The van der Waals surface area contributed by atoms with Crippen molar-refractivity contribution in [2.75, 3.05) is 7.11 Å². The van der Waals surface area contributed by atoms with Gasteiger partial charge in [-0.2, -0.15) is 0 Å². The van der Waals surface area contributed by atoms with Crippen molar-refractivity contribution in [1.29, 1.82) is 0 Å². The van der Waals surface area contributed by atoms with E-state index < -0.39 is 0 Å². The number of aryl methyl sites for hydroxylation is 1. The summed E-state index contributed by atoms with van der Waals surface area (Å²) in [5, 5.41) is 0. The third kappa shape index (κ3) is 3.36. The molecule has 1 aromatic rings. The molecule has 0 saturated heterocycles. The summed E-state index contributed by atoms with van der Waals surface area (Å²) in [5.41, 5.74) is 5.20. The van der Waals surface area contributed by atoms with E-state index in [2.05, 4.69) is 25.0 Å². The number of hydrogen-bond donors (Lipinski definition) is 2. The zero-order chi connectivity index (χ0) is 12.0. The molecule has 1 unspecified atom stereocenters. The Labute approximate surface area is 97.3 Å². The second-order valence-corrected chi connectivity index (χ2v) is 3.91. The Hall–Kier alpha value is -1.32. The summed E-state index contributed by atoms with van der Waals surface area (Å²) in [5.74, 6) is 6.41. The van der Waals surface area contributed by atoms with Crippen LogP contribution in [0.4, 0.5) is 0 Å². The topological polar surface area (TPSA) is 47.3 Å². The van der Waals surface area contributed by atoms with E-state index >= 15 is 0 Å². The largest absolute Gasteiger partial charge is 0.496 e. The van der Waals surface area contributed by atoms with Gasteiger partial charge in [0, 0.05) is 6.04 Å². The lowest BCUT2D eigenvalue weighted by Gasteiger charge is -2.16. The summed E-state index contributed by atoms with van der Waals surface area (Å²) >= 11 is 0. The van der Waals surface area contributed by atoms with Gasteiger partial charge in [-0.25, -0.2) is 0 Å². The van der Waals surface area contributed by atoms with Crippen molar-refractivity contribution in [2.45, 2.75) is 25.8 Å². The average Bonchev–Trinajstić information content (AvgIpc) is 2.29. The standard InChI is InChI=1S/C13H20N2O/c1-4-5-12(15-14)9-11-8-10(2)6-7-13(11)16-3/h4,6-8,12,15H,1,5,9,14H2,2-3H3. The number of hydrazine groups is 1. The molecule has 1 atom stereocenters. The van der Waals surface area contributed by atoms with Crippen LogP contribution in [0.5, 0.6) is 5.75 Å². The van der Waals surface area contributed by atoms with E-state index in [1.165, 1.54) is 11.1 Å². The lowest BCUT2D eigenvalue weighted by atomic mass is 10.0. The molecule has 0 amide bonds. The SMILES string of the molecule is C=CCC(Cc1cc(C)ccc1OC)NN. The predicted octanol–water partition coefficient (Wildman–Crippen LogP) is 1.95. The van der Waals surface area contributed by atoms with E-state index in [9.17, 15) is 0 Å². The first-order valence-corrected chi connectivity index (χ1v) is 5.41. The summed E-state index contributed by atoms with van der Waals surface area (Å²) in [7, 11) is 1.69. The minimum Gasteiger partial charge on any atom is -0.496 e. The van der Waals surface area contributed by atoms with Crippen molar-refractivity contribution in [3.8, 4) is 5.75 Å². The van der Waals surface area contributed by atoms with Gasteiger partial charge in [-0.3, -0.25) is 11.3 Å². The lowest BCUT2D eigenvalue weighted by molar-refractivity contribution is 0.405. The summed E-state index contributed by atoms with van der Waals surface area (Å²) in [6.07, 6.45) is 3.55. The number of rotatable bonds is 6. The molecule has 3 nitrogen and oxygen atoms in total. The van der Waals surface area contributed by atoms with Gasteiger partial charge >= 0.3 is 0 Å². The van der Waals surface area contributed by atoms with E-state index in [0.717, 1.165) is 18.6 Å². The number of ether oxygens (including phenoxy) is 1. The molecule has 0 aliphatic heterocycles. The Morgan fingerprint density at radius 2 is 2.31 bits per heavy atom. The third-order valence-corrected chi connectivity index (χ3v) is 2.59. The number of methoxy groups -OCH3 is 1. The second kappa shape index (κ2) is 6.30. The van der Waals surface area contributed by atoms with Gasteiger partial charge in [0.25, 0.3) is 0 Å². The molecule has 1 aromatic carbocycles. The van der Waals surface area contributed by atoms with Crippen LogP contribution in [0.2, 0.25) is 0 Å². The first-order valence-electron chi connectivity index (χ1n) is 5.41. The van der Waals surface area contributed by atoms with Gasteiger partial charge in [0.05, 0.1) is 7.11 Å². The fourth-order valence-corrected chi connectivity index (χ4v) is 1.74. The van der Waals surface area contributed by atoms with Crippen LogP contribution in [0.15, 0.2) is 30.9 Å². The molecular formula is C13H20N2O. The maximum absolute atomic E-state index is 5.50. The smallest absolute Gasteiger partial charge is 0.122 e. The second-order valence-electron chi connectivity index (χ2n) is 3.91. The molecule has 16 heavy (non-hydrogen) atoms. The van der Waals surface area contributed by atoms with Gasteiger partial charge < -0.3 is 4.74 Å². The highest BCUT2D eigenvalue weighted by atomic mass is 16.5. The molecule has 88 valence electrons. The molecule has 0 bridgehead atoms. The van der Waals surface area contributed by atoms with Crippen molar-refractivity contribution >= 4 is 0 Å². The fourth-order valence-electron chi connectivity index (χ4n) is 1.74. The molecule has 3 N–H and O–H groups in total. The van der Waals surface area contributed by atoms with Crippen molar-refractivity contribution in [3.63, 3.8) is 0 Å². The van der Waals surface area contributed by atoms with E-state index in [1.54, 1.807) is 7.11 Å². The summed E-state index contributed by atoms with van der Waals surface area (Å²) in [6.45, 7) is 5.79. The van der Waals surface area contributed by atoms with Crippen LogP contribution in [0.25, 0.3) is 0 Å². The monoisotopic (exact) mass is 220 g/mol. The zero-order valence-electron chi connectivity index (χ0n) is 9.99. The number of nitrogens with two attached hydrogens (primary N) is 1. The van der Waals surface area contributed by atoms with Gasteiger partial charge in [0.15, 0.2) is 0 Å². The minimum atomic E-state index is 0.202. The molecule has 0 radical (unpaired) electrons. The Morgan fingerprint density at radius 1 is 1.56 bits per heavy atom. The van der Waals surface area contributed by atoms with Crippen molar-refractivity contribution < 1.29 is 4.74 Å². The van der Waals surface area contributed by atoms with Gasteiger partial charge in [0.1, 0.15) is 5.75 Å². The van der Waals surface area contributed by atoms with E-state index in [1.807, 2.05) is 18.2 Å². The molecule has 0 spiro atoms. The molecule has 0 heterocycles. The third-order valence-electron chi connectivity index (χ3n) is 2.59. The quantitative estimate of drug-likeness (QED) is 0.437. The van der Waals surface area contributed by atoms with Crippen LogP contribution >= 0.6 is 0 Å². The van der Waals surface area contributed by atoms with Crippen LogP contribution in [0, 0.1) is 6.92 Å². The molecule has 3 heteroatoms. The Bertz CT molecular complexity index is 350. The molecule has 0 fully saturated rings. The molecule has 1 rings (SSSR count). The van der Waals surface area contributed by atoms with Crippen LogP contribution in [-0.4, -0.2) is 13.2 Å². The van der Waals surface area contributed by atoms with Crippen LogP contribution in [0.1, 0.15) is 17.5 Å². The van der Waals surface area contributed by atoms with Crippen molar-refractivity contribution in [2.24, 2.45) is 5.84 Å².